The molecule has 0 saturated heterocycles. The first-order valence-electron chi connectivity index (χ1n) is 15.7. The molecule has 1 N–H and O–H groups in total. The van der Waals surface area contributed by atoms with Gasteiger partial charge in [0.05, 0.1) is 17.2 Å². The molecule has 2 atom stereocenters. The van der Waals surface area contributed by atoms with E-state index in [9.17, 15) is 18.0 Å². The number of carbonyl (C=O) groups excluding carboxylic acids is 2. The molecule has 47 heavy (non-hydrogen) atoms. The van der Waals surface area contributed by atoms with Crippen LogP contribution < -0.4 is 14.4 Å². The zero-order valence-corrected chi connectivity index (χ0v) is 28.8. The van der Waals surface area contributed by atoms with Crippen molar-refractivity contribution in [2.45, 2.75) is 64.1 Å². The van der Waals surface area contributed by atoms with E-state index in [4.69, 9.17) is 16.3 Å². The molecule has 0 radical (unpaired) electrons. The summed E-state index contributed by atoms with van der Waals surface area (Å²) in [5.41, 5.74) is 2.66. The highest BCUT2D eigenvalue weighted by Crippen LogP contribution is 2.28. The van der Waals surface area contributed by atoms with E-state index in [1.165, 1.54) is 17.0 Å². The number of ether oxygens (including phenoxy) is 1. The van der Waals surface area contributed by atoms with Crippen LogP contribution in [-0.4, -0.2) is 50.4 Å². The Balaban J connectivity index is 1.81. The maximum atomic E-state index is 14.6. The van der Waals surface area contributed by atoms with Crippen molar-refractivity contribution in [3.8, 4) is 5.75 Å². The second-order valence-electron chi connectivity index (χ2n) is 11.4. The fourth-order valence-corrected chi connectivity index (χ4v) is 6.66. The number of nitrogens with one attached hydrogen (secondary N) is 1. The number of hydrogen-bond donors (Lipinski definition) is 1. The molecule has 4 aromatic carbocycles. The average Bonchev–Trinajstić information content (AvgIpc) is 3.07. The van der Waals surface area contributed by atoms with Crippen LogP contribution in [0.2, 0.25) is 5.02 Å². The van der Waals surface area contributed by atoms with Crippen LogP contribution in [-0.2, 0) is 32.6 Å². The molecule has 10 heteroatoms. The molecule has 4 aromatic rings. The number of sulfonamides is 1. The van der Waals surface area contributed by atoms with Crippen molar-refractivity contribution in [3.05, 3.63) is 125 Å². The summed E-state index contributed by atoms with van der Waals surface area (Å²) in [7, 11) is -4.22. The molecule has 0 fully saturated rings. The Morgan fingerprint density at radius 3 is 2.13 bits per heavy atom. The minimum absolute atomic E-state index is 0.00830. The molecule has 0 unspecified atom stereocenters. The highest BCUT2D eigenvalue weighted by atomic mass is 35.5. The largest absolute Gasteiger partial charge is 0.494 e. The van der Waals surface area contributed by atoms with E-state index >= 15 is 0 Å². The molecule has 248 valence electrons. The average molecular weight is 676 g/mol. The molecule has 0 aliphatic rings. The fourth-order valence-electron chi connectivity index (χ4n) is 5.05. The second kappa shape index (κ2) is 16.5. The zero-order valence-electron chi connectivity index (χ0n) is 27.2. The molecule has 8 nitrogen and oxygen atoms in total. The standard InChI is InChI=1S/C37H42ClN3O5S/c1-5-28(4)39-37(43)35(24-29-12-8-7-9-13-29)40(25-30-14-10-11-15-34(30)38)36(42)26-41(31-18-20-32(21-19-31)46-6-2)47(44,45)33-22-16-27(3)17-23-33/h7-23,28,35H,5-6,24-26H2,1-4H3,(H,39,43)/t28-,35-/m1/s1. The Labute approximate surface area is 283 Å². The molecule has 2 amide bonds. The molecule has 0 bridgehead atoms. The first-order valence-corrected chi connectivity index (χ1v) is 17.5. The van der Waals surface area contributed by atoms with E-state index in [0.717, 1.165) is 15.4 Å². The van der Waals surface area contributed by atoms with Crippen LogP contribution in [0.5, 0.6) is 5.75 Å². The van der Waals surface area contributed by atoms with Crippen LogP contribution in [0.3, 0.4) is 0 Å². The molecule has 0 saturated carbocycles. The molecule has 0 aliphatic heterocycles. The number of amides is 2. The van der Waals surface area contributed by atoms with Crippen molar-refractivity contribution in [1.29, 1.82) is 0 Å². The summed E-state index contributed by atoms with van der Waals surface area (Å²) in [6, 6.07) is 28.5. The van der Waals surface area contributed by atoms with Gasteiger partial charge in [-0.3, -0.25) is 13.9 Å². The summed E-state index contributed by atoms with van der Waals surface area (Å²) >= 11 is 6.58. The topological polar surface area (TPSA) is 96.0 Å². The van der Waals surface area contributed by atoms with Crippen LogP contribution >= 0.6 is 11.6 Å². The van der Waals surface area contributed by atoms with Gasteiger partial charge in [0.15, 0.2) is 0 Å². The van der Waals surface area contributed by atoms with Gasteiger partial charge in [-0.2, -0.15) is 0 Å². The van der Waals surface area contributed by atoms with E-state index in [-0.39, 0.29) is 35.5 Å². The lowest BCUT2D eigenvalue weighted by molar-refractivity contribution is -0.140. The van der Waals surface area contributed by atoms with Gasteiger partial charge in [0.2, 0.25) is 11.8 Å². The summed E-state index contributed by atoms with van der Waals surface area (Å²) in [6.45, 7) is 7.48. The first-order chi connectivity index (χ1) is 22.5. The van der Waals surface area contributed by atoms with Gasteiger partial charge in [-0.05, 0) is 80.8 Å². The van der Waals surface area contributed by atoms with Crippen molar-refractivity contribution in [2.24, 2.45) is 0 Å². The van der Waals surface area contributed by atoms with Crippen molar-refractivity contribution < 1.29 is 22.7 Å². The van der Waals surface area contributed by atoms with Crippen LogP contribution in [0, 0.1) is 6.92 Å². The zero-order chi connectivity index (χ0) is 34.0. The number of nitrogens with zero attached hydrogens (tertiary/aromatic N) is 2. The Bertz CT molecular complexity index is 1730. The van der Waals surface area contributed by atoms with Crippen LogP contribution in [0.4, 0.5) is 5.69 Å². The predicted octanol–water partition coefficient (Wildman–Crippen LogP) is 6.80. The van der Waals surface area contributed by atoms with E-state index in [0.29, 0.717) is 29.4 Å². The third-order valence-electron chi connectivity index (χ3n) is 7.89. The monoisotopic (exact) mass is 675 g/mol. The van der Waals surface area contributed by atoms with Crippen molar-refractivity contribution in [2.75, 3.05) is 17.5 Å². The lowest BCUT2D eigenvalue weighted by Crippen LogP contribution is -2.54. The van der Waals surface area contributed by atoms with Gasteiger partial charge in [0, 0.05) is 24.0 Å². The van der Waals surface area contributed by atoms with Gasteiger partial charge < -0.3 is 15.0 Å². The molecular weight excluding hydrogens is 634 g/mol. The van der Waals surface area contributed by atoms with Crippen LogP contribution in [0.25, 0.3) is 0 Å². The quantitative estimate of drug-likeness (QED) is 0.150. The number of hydrogen-bond acceptors (Lipinski definition) is 5. The number of aryl methyl sites for hydroxylation is 1. The van der Waals surface area contributed by atoms with Crippen LogP contribution in [0.15, 0.2) is 108 Å². The minimum Gasteiger partial charge on any atom is -0.494 e. The molecule has 0 spiro atoms. The van der Waals surface area contributed by atoms with Gasteiger partial charge in [-0.25, -0.2) is 8.42 Å². The Morgan fingerprint density at radius 1 is 0.872 bits per heavy atom. The third-order valence-corrected chi connectivity index (χ3v) is 10.1. The summed E-state index contributed by atoms with van der Waals surface area (Å²) in [6.07, 6.45) is 0.912. The first kappa shape index (κ1) is 35.5. The third kappa shape index (κ3) is 9.36. The normalized spacial score (nSPS) is 12.5. The predicted molar refractivity (Wildman–Crippen MR) is 187 cm³/mol. The van der Waals surface area contributed by atoms with E-state index in [1.807, 2.05) is 64.1 Å². The van der Waals surface area contributed by atoms with Crippen LogP contribution in [0.1, 0.15) is 43.9 Å². The van der Waals surface area contributed by atoms with E-state index < -0.39 is 28.5 Å². The molecule has 0 aromatic heterocycles. The number of anilines is 1. The molecular formula is C37H42ClN3O5S. The maximum absolute atomic E-state index is 14.6. The number of halogens is 1. The highest BCUT2D eigenvalue weighted by Gasteiger charge is 2.35. The van der Waals surface area contributed by atoms with Gasteiger partial charge in [0.25, 0.3) is 10.0 Å². The summed E-state index contributed by atoms with van der Waals surface area (Å²) < 4.78 is 35.1. The van der Waals surface area contributed by atoms with E-state index in [1.54, 1.807) is 54.6 Å². The molecule has 4 rings (SSSR count). The Kier molecular flexibility index (Phi) is 12.4. The van der Waals surface area contributed by atoms with Crippen molar-refractivity contribution in [1.82, 2.24) is 10.2 Å². The number of benzene rings is 4. The SMILES string of the molecule is CCOc1ccc(N(CC(=O)N(Cc2ccccc2Cl)[C@H](Cc2ccccc2)C(=O)N[C@H](C)CC)S(=O)(=O)c2ccc(C)cc2)cc1. The Morgan fingerprint density at radius 2 is 1.51 bits per heavy atom. The Hall–Kier alpha value is -4.34. The molecule has 0 heterocycles. The molecule has 0 aliphatic carbocycles. The smallest absolute Gasteiger partial charge is 0.264 e. The van der Waals surface area contributed by atoms with Gasteiger partial charge in [0.1, 0.15) is 18.3 Å². The maximum Gasteiger partial charge on any atom is 0.264 e. The van der Waals surface area contributed by atoms with Gasteiger partial charge >= 0.3 is 0 Å². The second-order valence-corrected chi connectivity index (χ2v) is 13.7. The lowest BCUT2D eigenvalue weighted by atomic mass is 10.0. The summed E-state index contributed by atoms with van der Waals surface area (Å²) in [5, 5.41) is 3.47. The summed E-state index contributed by atoms with van der Waals surface area (Å²) in [4.78, 5) is 30.0. The lowest BCUT2D eigenvalue weighted by Gasteiger charge is -2.34. The van der Waals surface area contributed by atoms with Crippen molar-refractivity contribution in [3.63, 3.8) is 0 Å². The fraction of sp³-hybridized carbons (Fsp3) is 0.297. The van der Waals surface area contributed by atoms with Gasteiger partial charge in [-0.1, -0.05) is 84.8 Å². The minimum atomic E-state index is -4.22. The van der Waals surface area contributed by atoms with E-state index in [2.05, 4.69) is 5.32 Å². The number of rotatable bonds is 15. The summed E-state index contributed by atoms with van der Waals surface area (Å²) in [5.74, 6) is -0.326. The van der Waals surface area contributed by atoms with Crippen molar-refractivity contribution >= 4 is 39.1 Å². The number of carbonyl (C=O) groups is 2. The van der Waals surface area contributed by atoms with Gasteiger partial charge in [-0.15, -0.1) is 0 Å². The highest BCUT2D eigenvalue weighted by molar-refractivity contribution is 7.92.